The number of nitrogens with zero attached hydrogens (tertiary/aromatic N) is 1. The molecule has 0 heterocycles. The van der Waals surface area contributed by atoms with E-state index in [-0.39, 0.29) is 12.2 Å². The van der Waals surface area contributed by atoms with Crippen LogP contribution in [0.1, 0.15) is 5.56 Å². The number of hydrogen-bond acceptors (Lipinski definition) is 5. The number of benzene rings is 1. The summed E-state index contributed by atoms with van der Waals surface area (Å²) < 4.78 is 0. The number of carbonyl (C=O) groups excluding carboxylic acids is 2. The second kappa shape index (κ2) is 6.34. The van der Waals surface area contributed by atoms with Gasteiger partial charge >= 0.3 is 6.03 Å². The molecule has 0 aliphatic rings. The zero-order valence-electron chi connectivity index (χ0n) is 10.5. The Morgan fingerprint density at radius 2 is 2.05 bits per heavy atom. The van der Waals surface area contributed by atoms with E-state index in [1.807, 2.05) is 0 Å². The molecule has 0 aromatic heterocycles. The number of hydrogen-bond donors (Lipinski definition) is 3. The van der Waals surface area contributed by atoms with Crippen LogP contribution in [0.4, 0.5) is 16.2 Å². The number of imide groups is 1. The Morgan fingerprint density at radius 3 is 2.63 bits per heavy atom. The largest absolute Gasteiger partial charge is 0.376 e. The smallest absolute Gasteiger partial charge is 0.321 e. The van der Waals surface area contributed by atoms with Crippen molar-refractivity contribution >= 4 is 23.3 Å². The highest BCUT2D eigenvalue weighted by molar-refractivity contribution is 5.96. The molecule has 0 saturated heterocycles. The Bertz CT molecular complexity index is 515. The summed E-state index contributed by atoms with van der Waals surface area (Å²) in [6.07, 6.45) is 0. The standard InChI is InChI=1S/C11H14N4O4/c1-7-8(4-3-5-9(7)15(18)19)13-6-10(16)14-11(17)12-2/h3-5,13H,6H2,1-2H3,(H2,12,14,16,17). The summed E-state index contributed by atoms with van der Waals surface area (Å²) in [6, 6.07) is 3.91. The van der Waals surface area contributed by atoms with E-state index in [1.54, 1.807) is 13.0 Å². The van der Waals surface area contributed by atoms with Crippen LogP contribution in [-0.2, 0) is 4.79 Å². The molecule has 1 rings (SSSR count). The Kier molecular flexibility index (Phi) is 4.81. The third kappa shape index (κ3) is 3.95. The summed E-state index contributed by atoms with van der Waals surface area (Å²) in [5, 5.41) is 17.8. The second-order valence-corrected chi connectivity index (χ2v) is 3.69. The van der Waals surface area contributed by atoms with Crippen molar-refractivity contribution in [3.8, 4) is 0 Å². The lowest BCUT2D eigenvalue weighted by Crippen LogP contribution is -2.40. The molecular formula is C11H14N4O4. The number of nitrogens with one attached hydrogen (secondary N) is 3. The van der Waals surface area contributed by atoms with E-state index < -0.39 is 16.9 Å². The average molecular weight is 266 g/mol. The summed E-state index contributed by atoms with van der Waals surface area (Å²) in [4.78, 5) is 32.5. The van der Waals surface area contributed by atoms with E-state index in [4.69, 9.17) is 0 Å². The minimum Gasteiger partial charge on any atom is -0.376 e. The van der Waals surface area contributed by atoms with Gasteiger partial charge in [0.1, 0.15) is 0 Å². The van der Waals surface area contributed by atoms with Crippen LogP contribution in [0.3, 0.4) is 0 Å². The van der Waals surface area contributed by atoms with Crippen LogP contribution in [0.2, 0.25) is 0 Å². The number of rotatable bonds is 4. The summed E-state index contributed by atoms with van der Waals surface area (Å²) in [5.41, 5.74) is 0.873. The van der Waals surface area contributed by atoms with Gasteiger partial charge in [-0.05, 0) is 13.0 Å². The average Bonchev–Trinajstić information content (AvgIpc) is 2.37. The number of urea groups is 1. The van der Waals surface area contributed by atoms with Gasteiger partial charge in [0.05, 0.1) is 11.5 Å². The quantitative estimate of drug-likeness (QED) is 0.550. The lowest BCUT2D eigenvalue weighted by Gasteiger charge is -2.09. The fourth-order valence-electron chi connectivity index (χ4n) is 1.42. The zero-order chi connectivity index (χ0) is 14.4. The molecule has 0 radical (unpaired) electrons. The van der Waals surface area contributed by atoms with Crippen molar-refractivity contribution in [2.45, 2.75) is 6.92 Å². The van der Waals surface area contributed by atoms with Crippen LogP contribution < -0.4 is 16.0 Å². The minimum absolute atomic E-state index is 0.0308. The number of carbonyl (C=O) groups is 2. The zero-order valence-corrected chi connectivity index (χ0v) is 10.5. The molecule has 3 amide bonds. The van der Waals surface area contributed by atoms with Gasteiger partial charge < -0.3 is 10.6 Å². The van der Waals surface area contributed by atoms with Crippen molar-refractivity contribution < 1.29 is 14.5 Å². The molecule has 102 valence electrons. The lowest BCUT2D eigenvalue weighted by molar-refractivity contribution is -0.385. The van der Waals surface area contributed by atoms with Crippen molar-refractivity contribution in [1.82, 2.24) is 10.6 Å². The number of amides is 3. The SMILES string of the molecule is CNC(=O)NC(=O)CNc1cccc([N+](=O)[O-])c1C. The number of nitro benzene ring substituents is 1. The topological polar surface area (TPSA) is 113 Å². The van der Waals surface area contributed by atoms with Gasteiger partial charge in [-0.3, -0.25) is 20.2 Å². The number of nitro groups is 1. The first-order chi connectivity index (χ1) is 8.95. The molecule has 1 aromatic rings. The molecule has 8 nitrogen and oxygen atoms in total. The van der Waals surface area contributed by atoms with Crippen LogP contribution in [0.25, 0.3) is 0 Å². The van der Waals surface area contributed by atoms with Gasteiger partial charge in [0.2, 0.25) is 5.91 Å². The van der Waals surface area contributed by atoms with E-state index in [2.05, 4.69) is 16.0 Å². The van der Waals surface area contributed by atoms with Gasteiger partial charge in [-0.25, -0.2) is 4.79 Å². The molecule has 0 bridgehead atoms. The predicted octanol–water partition coefficient (Wildman–Crippen LogP) is 0.771. The highest BCUT2D eigenvalue weighted by Gasteiger charge is 2.13. The first-order valence-corrected chi connectivity index (χ1v) is 5.45. The van der Waals surface area contributed by atoms with Crippen molar-refractivity contribution in [3.05, 3.63) is 33.9 Å². The third-order valence-electron chi connectivity index (χ3n) is 2.42. The fourth-order valence-corrected chi connectivity index (χ4v) is 1.42. The molecule has 0 unspecified atom stereocenters. The summed E-state index contributed by atoms with van der Waals surface area (Å²) in [7, 11) is 1.39. The molecule has 0 fully saturated rings. The molecule has 0 aliphatic carbocycles. The molecule has 0 atom stereocenters. The Labute approximate surface area is 109 Å². The van der Waals surface area contributed by atoms with Crippen LogP contribution in [-0.4, -0.2) is 30.5 Å². The summed E-state index contributed by atoms with van der Waals surface area (Å²) in [5.74, 6) is -0.537. The molecule has 8 heteroatoms. The van der Waals surface area contributed by atoms with Gasteiger partial charge in [-0.2, -0.15) is 0 Å². The van der Waals surface area contributed by atoms with Gasteiger partial charge in [0, 0.05) is 24.4 Å². The fraction of sp³-hybridized carbons (Fsp3) is 0.273. The maximum atomic E-state index is 11.3. The van der Waals surface area contributed by atoms with Crippen molar-refractivity contribution in [2.24, 2.45) is 0 Å². The molecular weight excluding hydrogens is 252 g/mol. The van der Waals surface area contributed by atoms with Crippen LogP contribution in [0.15, 0.2) is 18.2 Å². The van der Waals surface area contributed by atoms with Crippen molar-refractivity contribution in [1.29, 1.82) is 0 Å². The van der Waals surface area contributed by atoms with Gasteiger partial charge in [-0.15, -0.1) is 0 Å². The molecule has 3 N–H and O–H groups in total. The van der Waals surface area contributed by atoms with Crippen molar-refractivity contribution in [2.75, 3.05) is 18.9 Å². The maximum absolute atomic E-state index is 11.3. The van der Waals surface area contributed by atoms with E-state index in [9.17, 15) is 19.7 Å². The van der Waals surface area contributed by atoms with Crippen molar-refractivity contribution in [3.63, 3.8) is 0 Å². The molecule has 0 aliphatic heterocycles. The van der Waals surface area contributed by atoms with Crippen LogP contribution in [0, 0.1) is 17.0 Å². The normalized spacial score (nSPS) is 9.58. The Balaban J connectivity index is 2.68. The van der Waals surface area contributed by atoms with Crippen LogP contribution in [0.5, 0.6) is 0 Å². The second-order valence-electron chi connectivity index (χ2n) is 3.69. The molecule has 0 saturated carbocycles. The van der Waals surface area contributed by atoms with E-state index in [0.717, 1.165) is 0 Å². The van der Waals surface area contributed by atoms with E-state index in [1.165, 1.54) is 19.2 Å². The Hall–Kier alpha value is -2.64. The van der Waals surface area contributed by atoms with Gasteiger partial charge in [0.25, 0.3) is 5.69 Å². The maximum Gasteiger partial charge on any atom is 0.321 e. The molecule has 19 heavy (non-hydrogen) atoms. The predicted molar refractivity (Wildman–Crippen MR) is 68.9 cm³/mol. The number of anilines is 1. The molecule has 0 spiro atoms. The lowest BCUT2D eigenvalue weighted by atomic mass is 10.1. The van der Waals surface area contributed by atoms with E-state index >= 15 is 0 Å². The summed E-state index contributed by atoms with van der Waals surface area (Å²) in [6.45, 7) is 1.42. The molecule has 1 aromatic carbocycles. The van der Waals surface area contributed by atoms with E-state index in [0.29, 0.717) is 11.3 Å². The third-order valence-corrected chi connectivity index (χ3v) is 2.42. The monoisotopic (exact) mass is 266 g/mol. The first kappa shape index (κ1) is 14.4. The highest BCUT2D eigenvalue weighted by atomic mass is 16.6. The van der Waals surface area contributed by atoms with Gasteiger partial charge in [0.15, 0.2) is 0 Å². The van der Waals surface area contributed by atoms with Gasteiger partial charge in [-0.1, -0.05) is 6.07 Å². The first-order valence-electron chi connectivity index (χ1n) is 5.45. The highest BCUT2D eigenvalue weighted by Crippen LogP contribution is 2.24. The summed E-state index contributed by atoms with van der Waals surface area (Å²) >= 11 is 0. The van der Waals surface area contributed by atoms with Crippen LogP contribution >= 0.6 is 0 Å². The minimum atomic E-state index is -0.609. The Morgan fingerprint density at radius 1 is 1.37 bits per heavy atom.